The minimum atomic E-state index is -0.242. The van der Waals surface area contributed by atoms with Crippen LogP contribution in [0.4, 0.5) is 0 Å². The lowest BCUT2D eigenvalue weighted by atomic mass is 9.96. The smallest absolute Gasteiger partial charge is 0.324 e. The molecular weight excluding hydrogens is 341 g/mol. The Kier molecular flexibility index (Phi) is 8.33. The third kappa shape index (κ3) is 4.59. The van der Waals surface area contributed by atoms with Crippen molar-refractivity contribution in [2.75, 3.05) is 26.7 Å². The van der Waals surface area contributed by atoms with Crippen LogP contribution in [-0.4, -0.2) is 48.8 Å². The average molecular weight is 366 g/mol. The number of hydrogen-bond donors (Lipinski definition) is 1. The highest BCUT2D eigenvalue weighted by Gasteiger charge is 2.30. The highest BCUT2D eigenvalue weighted by molar-refractivity contribution is 5.85. The van der Waals surface area contributed by atoms with Crippen molar-refractivity contribution in [3.8, 4) is 0 Å². The van der Waals surface area contributed by atoms with Gasteiger partial charge in [-0.3, -0.25) is 9.69 Å². The van der Waals surface area contributed by atoms with Crippen molar-refractivity contribution in [2.24, 2.45) is 0 Å². The maximum atomic E-state index is 12.0. The second kappa shape index (κ2) is 9.47. The molecule has 1 aliphatic heterocycles. The molecule has 1 aliphatic carbocycles. The Hall–Kier alpha value is -0.820. The number of halogens is 2. The molecule has 0 bridgehead atoms. The minimum Gasteiger partial charge on any atom is -0.468 e. The zero-order valence-electron chi connectivity index (χ0n) is 13.4. The first-order chi connectivity index (χ1) is 10.3. The fourth-order valence-electron chi connectivity index (χ4n) is 3.25. The van der Waals surface area contributed by atoms with Crippen molar-refractivity contribution in [1.82, 2.24) is 15.4 Å². The molecule has 0 radical (unpaired) electrons. The number of aromatic nitrogens is 1. The average Bonchev–Trinajstić information content (AvgIpc) is 2.77. The Balaban J connectivity index is 0.00000132. The summed E-state index contributed by atoms with van der Waals surface area (Å²) in [5.74, 6) is 0.862. The molecule has 0 amide bonds. The third-order valence-electron chi connectivity index (χ3n) is 4.44. The summed E-state index contributed by atoms with van der Waals surface area (Å²) in [5, 5.41) is 7.55. The van der Waals surface area contributed by atoms with E-state index >= 15 is 0 Å². The lowest BCUT2D eigenvalue weighted by molar-refractivity contribution is -0.146. The van der Waals surface area contributed by atoms with E-state index < -0.39 is 0 Å². The molecule has 1 saturated heterocycles. The molecular formula is C15H25Cl2N3O3. The molecule has 23 heavy (non-hydrogen) atoms. The van der Waals surface area contributed by atoms with E-state index in [0.717, 1.165) is 43.8 Å². The van der Waals surface area contributed by atoms with Crippen LogP contribution in [0.1, 0.15) is 36.3 Å². The number of carbonyl (C=O) groups excluding carboxylic acids is 1. The molecule has 0 aromatic carbocycles. The maximum Gasteiger partial charge on any atom is 0.324 e. The van der Waals surface area contributed by atoms with E-state index in [9.17, 15) is 4.79 Å². The summed E-state index contributed by atoms with van der Waals surface area (Å²) in [6, 6.07) is -0.242. The van der Waals surface area contributed by atoms with Gasteiger partial charge in [-0.1, -0.05) is 5.16 Å². The van der Waals surface area contributed by atoms with Gasteiger partial charge >= 0.3 is 5.97 Å². The number of nitrogens with one attached hydrogen (secondary N) is 1. The van der Waals surface area contributed by atoms with E-state index in [-0.39, 0.29) is 36.8 Å². The summed E-state index contributed by atoms with van der Waals surface area (Å²) in [4.78, 5) is 14.2. The number of hydrogen-bond acceptors (Lipinski definition) is 6. The quantitative estimate of drug-likeness (QED) is 0.822. The largest absolute Gasteiger partial charge is 0.468 e. The van der Waals surface area contributed by atoms with Crippen molar-refractivity contribution >= 4 is 30.8 Å². The van der Waals surface area contributed by atoms with Crippen LogP contribution in [0.15, 0.2) is 4.52 Å². The Labute approximate surface area is 149 Å². The van der Waals surface area contributed by atoms with E-state index in [1.54, 1.807) is 0 Å². The molecule has 6 nitrogen and oxygen atoms in total. The first kappa shape index (κ1) is 20.2. The fraction of sp³-hybridized carbons (Fsp3) is 0.733. The monoisotopic (exact) mass is 365 g/mol. The molecule has 1 aromatic rings. The van der Waals surface area contributed by atoms with Gasteiger partial charge in [0.1, 0.15) is 17.5 Å². The predicted octanol–water partition coefficient (Wildman–Crippen LogP) is 1.73. The number of carbonyl (C=O) groups is 1. The van der Waals surface area contributed by atoms with Gasteiger partial charge in [0.15, 0.2) is 0 Å². The van der Waals surface area contributed by atoms with Crippen LogP contribution >= 0.6 is 24.8 Å². The van der Waals surface area contributed by atoms with Crippen LogP contribution in [0.3, 0.4) is 0 Å². The van der Waals surface area contributed by atoms with E-state index in [4.69, 9.17) is 9.26 Å². The molecule has 2 aliphatic rings. The number of fused-ring (bicyclic) bond motifs is 1. The maximum absolute atomic E-state index is 12.0. The Morgan fingerprint density at radius 3 is 2.91 bits per heavy atom. The summed E-state index contributed by atoms with van der Waals surface area (Å²) in [7, 11) is 1.45. The number of methoxy groups -OCH3 is 1. The number of esters is 1. The molecule has 1 unspecified atom stereocenters. The molecule has 0 spiro atoms. The lowest BCUT2D eigenvalue weighted by Gasteiger charge is -2.27. The summed E-state index contributed by atoms with van der Waals surface area (Å²) in [6.07, 6.45) is 5.43. The van der Waals surface area contributed by atoms with Gasteiger partial charge in [-0.2, -0.15) is 0 Å². The second-order valence-electron chi connectivity index (χ2n) is 5.81. The Morgan fingerprint density at radius 2 is 2.13 bits per heavy atom. The number of ether oxygens (including phenoxy) is 1. The molecule has 132 valence electrons. The zero-order chi connectivity index (χ0) is 14.7. The predicted molar refractivity (Wildman–Crippen MR) is 91.3 cm³/mol. The summed E-state index contributed by atoms with van der Waals surface area (Å²) in [6.45, 7) is 3.10. The van der Waals surface area contributed by atoms with E-state index in [1.165, 1.54) is 25.5 Å². The van der Waals surface area contributed by atoms with Crippen molar-refractivity contribution in [3.05, 3.63) is 17.0 Å². The van der Waals surface area contributed by atoms with Gasteiger partial charge in [0.2, 0.25) is 0 Å². The van der Waals surface area contributed by atoms with Gasteiger partial charge in [0, 0.05) is 31.6 Å². The normalized spacial score (nSPS) is 21.3. The van der Waals surface area contributed by atoms with Crippen molar-refractivity contribution in [2.45, 2.75) is 44.7 Å². The van der Waals surface area contributed by atoms with Crippen molar-refractivity contribution in [1.29, 1.82) is 0 Å². The topological polar surface area (TPSA) is 67.6 Å². The number of rotatable bonds is 3. The number of aryl methyl sites for hydroxylation is 1. The van der Waals surface area contributed by atoms with Crippen LogP contribution in [-0.2, 0) is 28.9 Å². The second-order valence-corrected chi connectivity index (χ2v) is 5.81. The first-order valence-electron chi connectivity index (χ1n) is 7.78. The SMILES string of the molecule is COC(=O)C1CNCCCN1Cc1noc2c1CCCC2.Cl.Cl. The number of nitrogens with zero attached hydrogens (tertiary/aromatic N) is 2. The molecule has 1 fully saturated rings. The van der Waals surface area contributed by atoms with Gasteiger partial charge < -0.3 is 14.6 Å². The van der Waals surface area contributed by atoms with Crippen molar-refractivity contribution in [3.63, 3.8) is 0 Å². The van der Waals surface area contributed by atoms with Gasteiger partial charge in [-0.05, 0) is 32.2 Å². The molecule has 1 atom stereocenters. The minimum absolute atomic E-state index is 0. The van der Waals surface area contributed by atoms with Crippen LogP contribution < -0.4 is 5.32 Å². The summed E-state index contributed by atoms with van der Waals surface area (Å²) in [5.41, 5.74) is 2.27. The van der Waals surface area contributed by atoms with E-state index in [1.807, 2.05) is 0 Å². The summed E-state index contributed by atoms with van der Waals surface area (Å²) >= 11 is 0. The lowest BCUT2D eigenvalue weighted by Crippen LogP contribution is -2.45. The van der Waals surface area contributed by atoms with Gasteiger partial charge in [0.05, 0.1) is 7.11 Å². The van der Waals surface area contributed by atoms with E-state index in [2.05, 4.69) is 15.4 Å². The first-order valence-corrected chi connectivity index (χ1v) is 7.78. The van der Waals surface area contributed by atoms with Crippen LogP contribution in [0.5, 0.6) is 0 Å². The Bertz CT molecular complexity index is 510. The van der Waals surface area contributed by atoms with E-state index in [0.29, 0.717) is 13.1 Å². The summed E-state index contributed by atoms with van der Waals surface area (Å²) < 4.78 is 10.4. The fourth-order valence-corrected chi connectivity index (χ4v) is 3.25. The Morgan fingerprint density at radius 1 is 1.35 bits per heavy atom. The molecule has 1 aromatic heterocycles. The van der Waals surface area contributed by atoms with Crippen LogP contribution in [0.2, 0.25) is 0 Å². The molecule has 0 saturated carbocycles. The third-order valence-corrected chi connectivity index (χ3v) is 4.44. The molecule has 3 rings (SSSR count). The van der Waals surface area contributed by atoms with Gasteiger partial charge in [-0.15, -0.1) is 24.8 Å². The van der Waals surface area contributed by atoms with Crippen LogP contribution in [0.25, 0.3) is 0 Å². The zero-order valence-corrected chi connectivity index (χ0v) is 15.0. The van der Waals surface area contributed by atoms with Crippen LogP contribution in [0, 0.1) is 0 Å². The van der Waals surface area contributed by atoms with Gasteiger partial charge in [-0.25, -0.2) is 0 Å². The standard InChI is InChI=1S/C15H23N3O3.2ClH/c1-20-15(19)13-9-16-7-4-8-18(13)10-12-11-5-2-3-6-14(11)21-17-12;;/h13,16H,2-10H2,1H3;2*1H. The highest BCUT2D eigenvalue weighted by atomic mass is 35.5. The molecule has 8 heteroatoms. The molecule has 2 heterocycles. The van der Waals surface area contributed by atoms with Crippen molar-refractivity contribution < 1.29 is 14.1 Å². The molecule has 1 N–H and O–H groups in total. The van der Waals surface area contributed by atoms with Gasteiger partial charge in [0.25, 0.3) is 0 Å². The highest BCUT2D eigenvalue weighted by Crippen LogP contribution is 2.25.